The van der Waals surface area contributed by atoms with Crippen molar-refractivity contribution < 1.29 is 33.2 Å². The molecule has 0 spiro atoms. The second-order valence-corrected chi connectivity index (χ2v) is 11.0. The fourth-order valence-corrected chi connectivity index (χ4v) is 4.37. The summed E-state index contributed by atoms with van der Waals surface area (Å²) in [6, 6.07) is 7.89. The molecule has 40 heavy (non-hydrogen) atoms. The number of nitrogens with one attached hydrogen (secondary N) is 3. The molecule has 11 heteroatoms. The lowest BCUT2D eigenvalue weighted by Crippen LogP contribution is -2.57. The second-order valence-electron chi connectivity index (χ2n) is 11.0. The minimum Gasteiger partial charge on any atom is -0.382 e. The first-order valence-electron chi connectivity index (χ1n) is 13.5. The summed E-state index contributed by atoms with van der Waals surface area (Å²) >= 11 is 0. The first kappa shape index (κ1) is 31.0. The van der Waals surface area contributed by atoms with E-state index >= 15 is 0 Å². The molecule has 0 radical (unpaired) electrons. The van der Waals surface area contributed by atoms with E-state index in [0.29, 0.717) is 12.2 Å². The molecule has 11 nitrogen and oxygen atoms in total. The van der Waals surface area contributed by atoms with E-state index in [1.165, 1.54) is 20.3 Å². The molecule has 3 amide bonds. The third kappa shape index (κ3) is 8.72. The van der Waals surface area contributed by atoms with Gasteiger partial charge in [-0.3, -0.25) is 19.2 Å². The number of amides is 3. The largest absolute Gasteiger partial charge is 0.382 e. The van der Waals surface area contributed by atoms with E-state index in [0.717, 1.165) is 18.4 Å². The van der Waals surface area contributed by atoms with Crippen LogP contribution >= 0.6 is 0 Å². The van der Waals surface area contributed by atoms with Crippen molar-refractivity contribution in [2.24, 2.45) is 11.3 Å². The van der Waals surface area contributed by atoms with Crippen molar-refractivity contribution in [1.82, 2.24) is 21.1 Å². The van der Waals surface area contributed by atoms with Gasteiger partial charge in [-0.05, 0) is 30.7 Å². The number of benzene rings is 1. The van der Waals surface area contributed by atoms with Crippen molar-refractivity contribution in [2.75, 3.05) is 20.8 Å². The number of nitrogens with zero attached hydrogens (tertiary/aromatic N) is 1. The molecule has 3 rings (SSSR count). The van der Waals surface area contributed by atoms with Crippen molar-refractivity contribution in [3.05, 3.63) is 53.4 Å². The molecule has 1 fully saturated rings. The maximum Gasteiger partial charge on any atom is 0.274 e. The average molecular weight is 557 g/mol. The van der Waals surface area contributed by atoms with Gasteiger partial charge in [0.25, 0.3) is 5.91 Å². The average Bonchev–Trinajstić information content (AvgIpc) is 3.49. The number of carbonyl (C=O) groups excluding carboxylic acids is 4. The number of ketones is 1. The number of ether oxygens (including phenoxy) is 2. The lowest BCUT2D eigenvalue weighted by atomic mass is 9.91. The predicted molar refractivity (Wildman–Crippen MR) is 146 cm³/mol. The van der Waals surface area contributed by atoms with Gasteiger partial charge in [0, 0.05) is 32.1 Å². The van der Waals surface area contributed by atoms with E-state index in [-0.39, 0.29) is 37.0 Å². The Labute approximate surface area is 234 Å². The lowest BCUT2D eigenvalue weighted by Gasteiger charge is -2.27. The summed E-state index contributed by atoms with van der Waals surface area (Å²) in [5.74, 6) is -1.18. The van der Waals surface area contributed by atoms with Gasteiger partial charge in [0.05, 0.1) is 12.6 Å². The van der Waals surface area contributed by atoms with E-state index in [1.54, 1.807) is 0 Å². The Morgan fingerprint density at radius 3 is 2.20 bits per heavy atom. The van der Waals surface area contributed by atoms with Gasteiger partial charge in [0.2, 0.25) is 11.8 Å². The van der Waals surface area contributed by atoms with Crippen LogP contribution in [0.5, 0.6) is 0 Å². The van der Waals surface area contributed by atoms with Crippen LogP contribution in [-0.4, -0.2) is 67.6 Å². The summed E-state index contributed by atoms with van der Waals surface area (Å²) in [6.45, 7) is 5.90. The highest BCUT2D eigenvalue weighted by atomic mass is 16.5. The van der Waals surface area contributed by atoms with Gasteiger partial charge in [0.15, 0.2) is 17.2 Å². The van der Waals surface area contributed by atoms with Gasteiger partial charge < -0.3 is 29.9 Å². The maximum atomic E-state index is 13.6. The first-order chi connectivity index (χ1) is 19.1. The molecule has 0 bridgehead atoms. The number of aromatic nitrogens is 1. The SMILES string of the molecule is COCc1cc(C(=O)N[C@@H](COC)C(=O)N[C@@H](Cc2ccccc2)C(=O)N[C@@H](CC(C)C)C(=O)C2(C)CC2)no1. The van der Waals surface area contributed by atoms with Crippen LogP contribution in [0.15, 0.2) is 40.9 Å². The zero-order chi connectivity index (χ0) is 29.3. The van der Waals surface area contributed by atoms with Gasteiger partial charge in [-0.2, -0.15) is 0 Å². The molecule has 1 heterocycles. The van der Waals surface area contributed by atoms with Crippen LogP contribution in [0.25, 0.3) is 0 Å². The summed E-state index contributed by atoms with van der Waals surface area (Å²) in [6.07, 6.45) is 2.29. The molecule has 1 aromatic heterocycles. The molecule has 3 N–H and O–H groups in total. The maximum absolute atomic E-state index is 13.6. The van der Waals surface area contributed by atoms with Crippen LogP contribution in [-0.2, 0) is 36.9 Å². The monoisotopic (exact) mass is 556 g/mol. The molecule has 2 aromatic rings. The molecule has 1 saturated carbocycles. The second kappa shape index (κ2) is 14.2. The topological polar surface area (TPSA) is 149 Å². The molecule has 0 unspecified atom stereocenters. The number of methoxy groups -OCH3 is 2. The highest BCUT2D eigenvalue weighted by Gasteiger charge is 2.48. The van der Waals surface area contributed by atoms with E-state index in [1.807, 2.05) is 51.1 Å². The molecule has 3 atom stereocenters. The Hall–Kier alpha value is -3.57. The van der Waals surface area contributed by atoms with Gasteiger partial charge in [-0.15, -0.1) is 0 Å². The Bertz CT molecular complexity index is 1160. The number of Topliss-reactive ketones (excluding diaryl/α,β-unsaturated/α-hetero) is 1. The molecule has 1 aliphatic rings. The van der Waals surface area contributed by atoms with Crippen LogP contribution < -0.4 is 16.0 Å². The van der Waals surface area contributed by atoms with Gasteiger partial charge in [-0.25, -0.2) is 0 Å². The molecule has 0 aliphatic heterocycles. The Morgan fingerprint density at radius 2 is 1.60 bits per heavy atom. The summed E-state index contributed by atoms with van der Waals surface area (Å²) in [7, 11) is 2.88. The summed E-state index contributed by atoms with van der Waals surface area (Å²) in [5, 5.41) is 12.0. The third-order valence-electron chi connectivity index (χ3n) is 6.88. The number of carbonyl (C=O) groups is 4. The highest BCUT2D eigenvalue weighted by Crippen LogP contribution is 2.47. The predicted octanol–water partition coefficient (Wildman–Crippen LogP) is 2.19. The van der Waals surface area contributed by atoms with Gasteiger partial charge >= 0.3 is 0 Å². The van der Waals surface area contributed by atoms with E-state index in [9.17, 15) is 19.2 Å². The van der Waals surface area contributed by atoms with E-state index in [4.69, 9.17) is 14.0 Å². The van der Waals surface area contributed by atoms with Crippen molar-refractivity contribution in [1.29, 1.82) is 0 Å². The normalized spacial score (nSPS) is 16.1. The van der Waals surface area contributed by atoms with E-state index < -0.39 is 41.3 Å². The van der Waals surface area contributed by atoms with Crippen molar-refractivity contribution in [3.8, 4) is 0 Å². The minimum atomic E-state index is -1.12. The summed E-state index contributed by atoms with van der Waals surface area (Å²) < 4.78 is 15.2. The molecular weight excluding hydrogens is 516 g/mol. The van der Waals surface area contributed by atoms with Crippen LogP contribution in [0.2, 0.25) is 0 Å². The molecule has 218 valence electrons. The fraction of sp³-hybridized carbons (Fsp3) is 0.552. The smallest absolute Gasteiger partial charge is 0.274 e. The standard InChI is InChI=1S/C29H40N4O7/c1-18(2)13-21(25(34)29(3)11-12-29)30-26(35)22(14-19-9-7-6-8-10-19)31-28(37)24(17-39-5)32-27(36)23-15-20(16-38-4)40-33-23/h6-10,15,18,21-22,24H,11-14,16-17H2,1-5H3,(H,30,35)(H,31,37)(H,32,36)/t21-,22-,24-/m0/s1. The van der Waals surface area contributed by atoms with Crippen molar-refractivity contribution >= 4 is 23.5 Å². The number of hydrogen-bond donors (Lipinski definition) is 3. The Morgan fingerprint density at radius 1 is 0.950 bits per heavy atom. The zero-order valence-electron chi connectivity index (χ0n) is 23.8. The van der Waals surface area contributed by atoms with E-state index in [2.05, 4.69) is 21.1 Å². The lowest BCUT2D eigenvalue weighted by molar-refractivity contribution is -0.133. The van der Waals surface area contributed by atoms with Crippen molar-refractivity contribution in [3.63, 3.8) is 0 Å². The Balaban J connectivity index is 1.77. The minimum absolute atomic E-state index is 0.0179. The molecular formula is C29H40N4O7. The van der Waals surface area contributed by atoms with Crippen LogP contribution in [0.4, 0.5) is 0 Å². The Kier molecular flexibility index (Phi) is 11.0. The van der Waals surface area contributed by atoms with Crippen LogP contribution in [0.1, 0.15) is 61.8 Å². The van der Waals surface area contributed by atoms with Gasteiger partial charge in [0.1, 0.15) is 18.7 Å². The van der Waals surface area contributed by atoms with Gasteiger partial charge in [-0.1, -0.05) is 56.3 Å². The molecule has 1 aromatic carbocycles. The first-order valence-corrected chi connectivity index (χ1v) is 13.5. The summed E-state index contributed by atoms with van der Waals surface area (Å²) in [4.78, 5) is 52.9. The molecule has 1 aliphatic carbocycles. The molecule has 0 saturated heterocycles. The number of rotatable bonds is 16. The quantitative estimate of drug-likeness (QED) is 0.285. The van der Waals surface area contributed by atoms with Crippen LogP contribution in [0.3, 0.4) is 0 Å². The van der Waals surface area contributed by atoms with Crippen LogP contribution in [0, 0.1) is 11.3 Å². The highest BCUT2D eigenvalue weighted by molar-refractivity contribution is 5.98. The zero-order valence-corrected chi connectivity index (χ0v) is 23.8. The van der Waals surface area contributed by atoms with Crippen molar-refractivity contribution in [2.45, 2.75) is 71.2 Å². The third-order valence-corrected chi connectivity index (χ3v) is 6.88. The fourth-order valence-electron chi connectivity index (χ4n) is 4.37. The summed E-state index contributed by atoms with van der Waals surface area (Å²) in [5.41, 5.74) is 0.385. The number of hydrogen-bond acceptors (Lipinski definition) is 8.